The second-order valence-corrected chi connectivity index (χ2v) is 12.3. The average Bonchev–Trinajstić information content (AvgIpc) is 3.15. The predicted octanol–water partition coefficient (Wildman–Crippen LogP) is -3.35. The molecule has 1 atom stereocenters. The van der Waals surface area contributed by atoms with Crippen LogP contribution in [0.15, 0.2) is 0 Å². The molecule has 2 heterocycles. The fraction of sp³-hybridized carbons (Fsp3) is 0.774. The van der Waals surface area contributed by atoms with E-state index in [1.54, 1.807) is 4.90 Å². The molecule has 2 aliphatic heterocycles. The van der Waals surface area contributed by atoms with Gasteiger partial charge in [0.25, 0.3) is 0 Å². The normalized spacial score (nSPS) is 17.6. The SMILES string of the molecule is CCCNC(=O)CCNC(=O)CNC(=O)C(CCC(=O)O)NC(=O)CN1CCN(C(=O)CN2CCN(CC)CCN(CC(=O)O)CC2)CC1. The van der Waals surface area contributed by atoms with Crippen molar-refractivity contribution in [2.24, 2.45) is 0 Å². The molecular formula is C31H55N9O9. The number of amides is 5. The van der Waals surface area contributed by atoms with Gasteiger partial charge < -0.3 is 41.3 Å². The van der Waals surface area contributed by atoms with Crippen LogP contribution in [0, 0.1) is 0 Å². The molecule has 0 aliphatic carbocycles. The lowest BCUT2D eigenvalue weighted by Crippen LogP contribution is -2.55. The smallest absolute Gasteiger partial charge is 0.317 e. The fourth-order valence-electron chi connectivity index (χ4n) is 5.46. The summed E-state index contributed by atoms with van der Waals surface area (Å²) in [6.07, 6.45) is 0.335. The Kier molecular flexibility index (Phi) is 19.1. The number of hydrogen-bond acceptors (Lipinski definition) is 11. The molecule has 2 rings (SSSR count). The fourth-order valence-corrected chi connectivity index (χ4v) is 5.46. The molecule has 0 aromatic carbocycles. The number of carboxylic acids is 2. The number of hydrogen-bond donors (Lipinski definition) is 6. The third-order valence-electron chi connectivity index (χ3n) is 8.42. The van der Waals surface area contributed by atoms with Gasteiger partial charge in [0.2, 0.25) is 29.5 Å². The van der Waals surface area contributed by atoms with Crippen molar-refractivity contribution in [1.29, 1.82) is 0 Å². The van der Waals surface area contributed by atoms with E-state index in [0.717, 1.165) is 26.1 Å². The lowest BCUT2D eigenvalue weighted by atomic mass is 10.1. The first-order valence-electron chi connectivity index (χ1n) is 17.1. The number of nitrogens with one attached hydrogen (secondary N) is 4. The van der Waals surface area contributed by atoms with E-state index in [1.807, 2.05) is 16.7 Å². The molecule has 18 heteroatoms. The minimum atomic E-state index is -1.17. The van der Waals surface area contributed by atoms with Gasteiger partial charge in [-0.15, -0.1) is 0 Å². The van der Waals surface area contributed by atoms with Crippen molar-refractivity contribution in [3.8, 4) is 0 Å². The van der Waals surface area contributed by atoms with Crippen molar-refractivity contribution in [2.45, 2.75) is 45.6 Å². The predicted molar refractivity (Wildman–Crippen MR) is 178 cm³/mol. The van der Waals surface area contributed by atoms with Gasteiger partial charge in [-0.25, -0.2) is 0 Å². The standard InChI is InChI=1S/C31H55N9O9/c1-3-8-32-25(41)7-9-33-26(42)20-34-31(49)24(5-6-29(45)46)35-27(43)21-37-16-18-40(19-17-37)28(44)22-38-12-10-36(4-2)11-13-39(15-14-38)23-30(47)48/h24H,3-23H2,1-2H3,(H,32,41)(H,33,42)(H,34,49)(H,35,43)(H,45,46)(H,47,48). The summed E-state index contributed by atoms with van der Waals surface area (Å²) in [7, 11) is 0. The molecule has 6 N–H and O–H groups in total. The van der Waals surface area contributed by atoms with Crippen LogP contribution in [-0.4, -0.2) is 193 Å². The van der Waals surface area contributed by atoms with Crippen molar-refractivity contribution in [1.82, 2.24) is 45.8 Å². The molecule has 2 aliphatic rings. The van der Waals surface area contributed by atoms with Crippen molar-refractivity contribution in [3.63, 3.8) is 0 Å². The quantitative estimate of drug-likeness (QED) is 0.0778. The minimum Gasteiger partial charge on any atom is -0.481 e. The Morgan fingerprint density at radius 2 is 1.14 bits per heavy atom. The molecule has 2 fully saturated rings. The Balaban J connectivity index is 1.80. The zero-order chi connectivity index (χ0) is 36.2. The molecule has 278 valence electrons. The van der Waals surface area contributed by atoms with Crippen LogP contribution in [0.25, 0.3) is 0 Å². The molecule has 5 amide bonds. The molecule has 1 unspecified atom stereocenters. The van der Waals surface area contributed by atoms with Crippen LogP contribution in [0.4, 0.5) is 0 Å². The Labute approximate surface area is 287 Å². The molecule has 49 heavy (non-hydrogen) atoms. The summed E-state index contributed by atoms with van der Waals surface area (Å²) in [4.78, 5) is 94.9. The second kappa shape index (κ2) is 22.7. The zero-order valence-corrected chi connectivity index (χ0v) is 28.9. The van der Waals surface area contributed by atoms with Crippen LogP contribution in [0.1, 0.15) is 39.5 Å². The zero-order valence-electron chi connectivity index (χ0n) is 28.9. The van der Waals surface area contributed by atoms with E-state index in [1.165, 1.54) is 0 Å². The maximum atomic E-state index is 13.2. The summed E-state index contributed by atoms with van der Waals surface area (Å²) < 4.78 is 0. The average molecular weight is 698 g/mol. The van der Waals surface area contributed by atoms with Crippen LogP contribution < -0.4 is 21.3 Å². The monoisotopic (exact) mass is 697 g/mol. The highest BCUT2D eigenvalue weighted by Gasteiger charge is 2.27. The van der Waals surface area contributed by atoms with Crippen LogP contribution in [0.2, 0.25) is 0 Å². The summed E-state index contributed by atoms with van der Waals surface area (Å²) in [6, 6.07) is -1.17. The van der Waals surface area contributed by atoms with E-state index in [0.29, 0.717) is 58.9 Å². The van der Waals surface area contributed by atoms with Crippen molar-refractivity contribution < 1.29 is 43.8 Å². The summed E-state index contributed by atoms with van der Waals surface area (Å²) in [5, 5.41) is 28.6. The van der Waals surface area contributed by atoms with E-state index < -0.39 is 42.2 Å². The number of carbonyl (C=O) groups is 7. The van der Waals surface area contributed by atoms with Gasteiger partial charge in [-0.1, -0.05) is 13.8 Å². The first-order chi connectivity index (χ1) is 23.4. The van der Waals surface area contributed by atoms with Gasteiger partial charge in [-0.3, -0.25) is 48.3 Å². The maximum absolute atomic E-state index is 13.2. The van der Waals surface area contributed by atoms with Crippen LogP contribution in [0.5, 0.6) is 0 Å². The summed E-state index contributed by atoms with van der Waals surface area (Å²) >= 11 is 0. The van der Waals surface area contributed by atoms with Crippen LogP contribution in [0.3, 0.4) is 0 Å². The van der Waals surface area contributed by atoms with Crippen molar-refractivity contribution >= 4 is 41.5 Å². The number of nitrogens with zero attached hydrogens (tertiary/aromatic N) is 5. The van der Waals surface area contributed by atoms with E-state index >= 15 is 0 Å². The number of aliphatic carboxylic acids is 2. The van der Waals surface area contributed by atoms with Crippen molar-refractivity contribution in [2.75, 3.05) is 111 Å². The Hall–Kier alpha value is -3.87. The molecule has 18 nitrogen and oxygen atoms in total. The van der Waals surface area contributed by atoms with Gasteiger partial charge in [-0.2, -0.15) is 0 Å². The Morgan fingerprint density at radius 1 is 0.592 bits per heavy atom. The maximum Gasteiger partial charge on any atom is 0.317 e. The van der Waals surface area contributed by atoms with Crippen molar-refractivity contribution in [3.05, 3.63) is 0 Å². The summed E-state index contributed by atoms with van der Waals surface area (Å²) in [5.41, 5.74) is 0. The minimum absolute atomic E-state index is 0.0367. The highest BCUT2D eigenvalue weighted by molar-refractivity contribution is 5.91. The van der Waals surface area contributed by atoms with Gasteiger partial charge in [0.15, 0.2) is 0 Å². The number of carboxylic acid groups (broad SMARTS) is 2. The lowest BCUT2D eigenvalue weighted by Gasteiger charge is -2.36. The van der Waals surface area contributed by atoms with Crippen LogP contribution >= 0.6 is 0 Å². The second-order valence-electron chi connectivity index (χ2n) is 12.3. The molecule has 2 saturated heterocycles. The Morgan fingerprint density at radius 3 is 1.71 bits per heavy atom. The lowest BCUT2D eigenvalue weighted by molar-refractivity contribution is -0.139. The van der Waals surface area contributed by atoms with Gasteiger partial charge in [0.1, 0.15) is 6.04 Å². The van der Waals surface area contributed by atoms with E-state index in [4.69, 9.17) is 5.11 Å². The van der Waals surface area contributed by atoms with Crippen LogP contribution in [-0.2, 0) is 33.6 Å². The highest BCUT2D eigenvalue weighted by atomic mass is 16.4. The molecule has 0 saturated carbocycles. The molecule has 0 aromatic heterocycles. The molecule has 0 aromatic rings. The third-order valence-corrected chi connectivity index (χ3v) is 8.42. The first kappa shape index (κ1) is 41.3. The number of rotatable bonds is 19. The summed E-state index contributed by atoms with van der Waals surface area (Å²) in [6.45, 7) is 10.9. The number of carbonyl (C=O) groups excluding carboxylic acids is 5. The van der Waals surface area contributed by atoms with E-state index in [9.17, 15) is 38.7 Å². The number of likely N-dealkylation sites (N-methyl/N-ethyl adjacent to an activating group) is 1. The Bertz CT molecular complexity index is 1120. The molecule has 0 bridgehead atoms. The molecule has 0 spiro atoms. The van der Waals surface area contributed by atoms with Gasteiger partial charge in [-0.05, 0) is 19.4 Å². The van der Waals surface area contributed by atoms with Gasteiger partial charge in [0, 0.05) is 91.4 Å². The number of piperazine rings is 1. The topological polar surface area (TPSA) is 224 Å². The molecular weight excluding hydrogens is 642 g/mol. The highest BCUT2D eigenvalue weighted by Crippen LogP contribution is 2.06. The molecule has 0 radical (unpaired) electrons. The van der Waals surface area contributed by atoms with E-state index in [2.05, 4.69) is 38.0 Å². The first-order valence-corrected chi connectivity index (χ1v) is 17.1. The van der Waals surface area contributed by atoms with Gasteiger partial charge >= 0.3 is 11.9 Å². The summed E-state index contributed by atoms with van der Waals surface area (Å²) in [5.74, 6) is -3.98. The third kappa shape index (κ3) is 17.4. The largest absolute Gasteiger partial charge is 0.481 e. The van der Waals surface area contributed by atoms with E-state index in [-0.39, 0.29) is 57.3 Å². The van der Waals surface area contributed by atoms with Gasteiger partial charge in [0.05, 0.1) is 26.2 Å².